The molecule has 7 heavy (non-hydrogen) atoms. The monoisotopic (exact) mass is 229 g/mol. The maximum absolute atomic E-state index is 8.88. The Bertz CT molecular complexity index is 57.8. The van der Waals surface area contributed by atoms with E-state index in [2.05, 4.69) is 0 Å². The van der Waals surface area contributed by atoms with Crippen molar-refractivity contribution in [1.29, 1.82) is 0 Å². The van der Waals surface area contributed by atoms with Crippen molar-refractivity contribution < 1.29 is 36.0 Å². The Hall–Kier alpha value is 1.25. The van der Waals surface area contributed by atoms with E-state index in [4.69, 9.17) is 19.2 Å². The van der Waals surface area contributed by atoms with Crippen molar-refractivity contribution in [1.82, 2.24) is 0 Å². The first-order valence-corrected chi connectivity index (χ1v) is 2.35. The number of hydrogen-bond acceptors (Lipinski definition) is 1. The first-order chi connectivity index (χ1) is 2.00. The molecule has 0 rings (SSSR count). The zero-order valence-corrected chi connectivity index (χ0v) is 4.47. The first-order valence-electron chi connectivity index (χ1n) is 0.783. The van der Waals surface area contributed by atoms with E-state index in [1.807, 2.05) is 0 Å². The molecule has 4 nitrogen and oxygen atoms in total. The molecule has 0 aromatic rings. The number of rotatable bonds is 0. The molecule has 0 fully saturated rings. The summed E-state index contributed by atoms with van der Waals surface area (Å²) >= 11 is 0. The van der Waals surface area contributed by atoms with Gasteiger partial charge in [-0.1, -0.05) is 0 Å². The summed E-state index contributed by atoms with van der Waals surface area (Å²) in [5.74, 6) is 0. The van der Waals surface area contributed by atoms with Gasteiger partial charge < -0.3 is 14.7 Å². The summed E-state index contributed by atoms with van der Waals surface area (Å²) in [6.45, 7) is 0. The van der Waals surface area contributed by atoms with Gasteiger partial charge in [-0.2, -0.15) is 0 Å². The molecule has 0 bridgehead atoms. The number of phosphoric acid groups is 1. The predicted molar refractivity (Wildman–Crippen MR) is 24.2 cm³/mol. The molecule has 47 valence electrons. The van der Waals surface area contributed by atoms with Crippen LogP contribution in [0.4, 0.5) is 0 Å². The van der Waals surface area contributed by atoms with Crippen molar-refractivity contribution in [2.24, 2.45) is 0 Å². The van der Waals surface area contributed by atoms with Crippen LogP contribution in [0, 0.1) is 0 Å². The summed E-state index contributed by atoms with van der Waals surface area (Å²) in [6, 6.07) is 0. The first kappa shape index (κ1) is 15.7. The Kier molecular flexibility index (Phi) is 12.1. The van der Waals surface area contributed by atoms with E-state index in [1.165, 1.54) is 0 Å². The molecule has 0 aromatic carbocycles. The molecule has 0 saturated carbocycles. The SMILES string of the molecule is O=P(O)(O)O.[Co].[GaH3]. The van der Waals surface area contributed by atoms with Crippen LogP contribution in [0.15, 0.2) is 0 Å². The van der Waals surface area contributed by atoms with E-state index in [9.17, 15) is 0 Å². The summed E-state index contributed by atoms with van der Waals surface area (Å²) in [4.78, 5) is 21.6. The van der Waals surface area contributed by atoms with Gasteiger partial charge in [0.1, 0.15) is 0 Å². The molecular weight excluding hydrogens is 224 g/mol. The van der Waals surface area contributed by atoms with Gasteiger partial charge in [0.05, 0.1) is 0 Å². The van der Waals surface area contributed by atoms with Gasteiger partial charge in [-0.3, -0.25) is 0 Å². The van der Waals surface area contributed by atoms with Crippen molar-refractivity contribution >= 4 is 27.6 Å². The minimum atomic E-state index is -4.64. The molecule has 0 aliphatic carbocycles. The van der Waals surface area contributed by atoms with Crippen LogP contribution in [0.3, 0.4) is 0 Å². The average Bonchev–Trinajstić information content (AvgIpc) is 0.722. The molecule has 0 unspecified atom stereocenters. The van der Waals surface area contributed by atoms with Crippen molar-refractivity contribution in [3.63, 3.8) is 0 Å². The summed E-state index contributed by atoms with van der Waals surface area (Å²) in [6.07, 6.45) is 0. The molecule has 0 heterocycles. The Morgan fingerprint density at radius 2 is 1.14 bits per heavy atom. The zero-order chi connectivity index (χ0) is 4.50. The summed E-state index contributed by atoms with van der Waals surface area (Å²) in [7, 11) is -4.64. The molecule has 0 aliphatic heterocycles. The second kappa shape index (κ2) is 5.39. The molecule has 3 N–H and O–H groups in total. The quantitative estimate of drug-likeness (QED) is 0.328. The second-order valence-corrected chi connectivity index (χ2v) is 1.54. The van der Waals surface area contributed by atoms with Gasteiger partial charge in [-0.15, -0.1) is 0 Å². The van der Waals surface area contributed by atoms with Gasteiger partial charge in [0.25, 0.3) is 0 Å². The second-order valence-electron chi connectivity index (χ2n) is 0.513. The van der Waals surface area contributed by atoms with Gasteiger partial charge >= 0.3 is 27.6 Å². The zero-order valence-electron chi connectivity index (χ0n) is 2.53. The van der Waals surface area contributed by atoms with Crippen LogP contribution < -0.4 is 0 Å². The third kappa shape index (κ3) is 127. The molecule has 0 amide bonds. The van der Waals surface area contributed by atoms with E-state index in [0.717, 1.165) is 0 Å². The van der Waals surface area contributed by atoms with Gasteiger partial charge in [0.2, 0.25) is 0 Å². The fourth-order valence-corrected chi connectivity index (χ4v) is 0. The normalized spacial score (nSPS) is 8.43. The van der Waals surface area contributed by atoms with Crippen LogP contribution in [0.5, 0.6) is 0 Å². The maximum atomic E-state index is 8.88. The Labute approximate surface area is 63.8 Å². The molecule has 0 aromatic heterocycles. The molecule has 7 heteroatoms. The van der Waals surface area contributed by atoms with E-state index in [1.54, 1.807) is 0 Å². The van der Waals surface area contributed by atoms with Gasteiger partial charge in [-0.05, 0) is 0 Å². The van der Waals surface area contributed by atoms with Crippen LogP contribution >= 0.6 is 7.82 Å². The molecule has 0 aliphatic rings. The third-order valence-electron chi connectivity index (χ3n) is 0. The Morgan fingerprint density at radius 3 is 1.14 bits per heavy atom. The number of hydrogen-bond donors (Lipinski definition) is 3. The Morgan fingerprint density at radius 1 is 1.14 bits per heavy atom. The minimum absolute atomic E-state index is 0. The van der Waals surface area contributed by atoms with Crippen LogP contribution in [0.25, 0.3) is 0 Å². The van der Waals surface area contributed by atoms with Crippen LogP contribution in [-0.2, 0) is 21.3 Å². The third-order valence-corrected chi connectivity index (χ3v) is 0. The van der Waals surface area contributed by atoms with Gasteiger partial charge in [0, 0.05) is 16.8 Å². The van der Waals surface area contributed by atoms with E-state index >= 15 is 0 Å². The van der Waals surface area contributed by atoms with Crippen LogP contribution in [-0.4, -0.2) is 34.5 Å². The molecule has 1 radical (unpaired) electrons. The van der Waals surface area contributed by atoms with Crippen molar-refractivity contribution in [3.05, 3.63) is 0 Å². The van der Waals surface area contributed by atoms with Crippen molar-refractivity contribution in [2.45, 2.75) is 0 Å². The van der Waals surface area contributed by atoms with E-state index < -0.39 is 7.82 Å². The van der Waals surface area contributed by atoms with Crippen molar-refractivity contribution in [3.8, 4) is 0 Å². The standard InChI is InChI=1S/Co.Ga.H3O4P.3H/c;;1-5(2,3)4;;;/h;;(H3,1,2,3,4);;;. The molecule has 0 atom stereocenters. The predicted octanol–water partition coefficient (Wildman–Crippen LogP) is -2.12. The van der Waals surface area contributed by atoms with Gasteiger partial charge in [-0.25, -0.2) is 4.57 Å². The topological polar surface area (TPSA) is 77.8 Å². The van der Waals surface area contributed by atoms with Crippen LogP contribution in [0.1, 0.15) is 0 Å². The summed E-state index contributed by atoms with van der Waals surface area (Å²) < 4.78 is 8.88. The fourth-order valence-electron chi connectivity index (χ4n) is 0. The summed E-state index contributed by atoms with van der Waals surface area (Å²) in [5, 5.41) is 0. The van der Waals surface area contributed by atoms with E-state index in [-0.39, 0.29) is 36.6 Å². The van der Waals surface area contributed by atoms with E-state index in [0.29, 0.717) is 0 Å². The summed E-state index contributed by atoms with van der Waals surface area (Å²) in [5.41, 5.74) is 0. The molecule has 0 saturated heterocycles. The van der Waals surface area contributed by atoms with Crippen molar-refractivity contribution in [2.75, 3.05) is 0 Å². The Balaban J connectivity index is -0.0000000800. The van der Waals surface area contributed by atoms with Gasteiger partial charge in [0.15, 0.2) is 0 Å². The van der Waals surface area contributed by atoms with Crippen LogP contribution in [0.2, 0.25) is 0 Å². The average molecular weight is 230 g/mol. The molecular formula is H6CoGaO4P. The molecule has 0 spiro atoms. The fraction of sp³-hybridized carbons (Fsp3) is 0.